The van der Waals surface area contributed by atoms with Crippen LogP contribution in [0.1, 0.15) is 35.5 Å². The molecule has 1 aliphatic heterocycles. The highest BCUT2D eigenvalue weighted by Crippen LogP contribution is 2.19. The van der Waals surface area contributed by atoms with Gasteiger partial charge in [0, 0.05) is 41.9 Å². The number of hydrazone groups is 1. The van der Waals surface area contributed by atoms with E-state index in [0.717, 1.165) is 42.9 Å². The van der Waals surface area contributed by atoms with Crippen LogP contribution in [0.3, 0.4) is 0 Å². The first-order valence-corrected chi connectivity index (χ1v) is 9.26. The third kappa shape index (κ3) is 5.01. The number of nitrogens with zero attached hydrogens (tertiary/aromatic N) is 2. The summed E-state index contributed by atoms with van der Waals surface area (Å²) in [5.74, 6) is -0.337. The summed E-state index contributed by atoms with van der Waals surface area (Å²) in [7, 11) is 0. The lowest BCUT2D eigenvalue weighted by Crippen LogP contribution is -2.22. The predicted molar refractivity (Wildman–Crippen MR) is 105 cm³/mol. The number of H-pyrrole nitrogens is 2. The van der Waals surface area contributed by atoms with Crippen LogP contribution >= 0.6 is 12.2 Å². The Kier molecular flexibility index (Phi) is 6.02. The van der Waals surface area contributed by atoms with Crippen LogP contribution in [-0.2, 0) is 22.5 Å². The smallest absolute Gasteiger partial charge is 0.251 e. The van der Waals surface area contributed by atoms with Crippen LogP contribution in [0.15, 0.2) is 22.0 Å². The minimum Gasteiger partial charge on any atom is -0.376 e. The SMILES string of the molecule is Cc1cc(/C=N\NC(=O)Cc2cc(=O)[nH]c(=S)[nH]2)c(C)n1C[C@@H]1CCCO1. The zero-order valence-electron chi connectivity index (χ0n) is 15.4. The number of nitrogens with one attached hydrogen (secondary N) is 3. The van der Waals surface area contributed by atoms with Gasteiger partial charge in [0.2, 0.25) is 5.91 Å². The van der Waals surface area contributed by atoms with Crippen molar-refractivity contribution >= 4 is 24.3 Å². The summed E-state index contributed by atoms with van der Waals surface area (Å²) in [4.78, 5) is 28.6. The highest BCUT2D eigenvalue weighted by atomic mass is 32.1. The van der Waals surface area contributed by atoms with Gasteiger partial charge in [-0.3, -0.25) is 14.6 Å². The molecule has 9 heteroatoms. The van der Waals surface area contributed by atoms with Crippen molar-refractivity contribution in [2.24, 2.45) is 5.10 Å². The van der Waals surface area contributed by atoms with E-state index in [0.29, 0.717) is 5.69 Å². The van der Waals surface area contributed by atoms with Crippen LogP contribution in [-0.4, -0.2) is 39.4 Å². The molecule has 3 N–H and O–H groups in total. The Bertz CT molecular complexity index is 938. The minimum absolute atomic E-state index is 0.0110. The third-order valence-corrected chi connectivity index (χ3v) is 4.79. The predicted octanol–water partition coefficient (Wildman–Crippen LogP) is 1.72. The second kappa shape index (κ2) is 8.45. The summed E-state index contributed by atoms with van der Waals surface area (Å²) in [6, 6.07) is 3.34. The van der Waals surface area contributed by atoms with Crippen LogP contribution in [0.5, 0.6) is 0 Å². The molecular weight excluding hydrogens is 366 g/mol. The molecule has 1 aliphatic rings. The van der Waals surface area contributed by atoms with Gasteiger partial charge in [0.25, 0.3) is 5.56 Å². The second-order valence-corrected chi connectivity index (χ2v) is 7.06. The molecule has 0 aromatic carbocycles. The lowest BCUT2D eigenvalue weighted by atomic mass is 10.2. The van der Waals surface area contributed by atoms with E-state index in [2.05, 4.69) is 25.1 Å². The topological polar surface area (TPSA) is 104 Å². The monoisotopic (exact) mass is 389 g/mol. The molecule has 1 amide bonds. The molecule has 8 nitrogen and oxygen atoms in total. The molecule has 0 spiro atoms. The van der Waals surface area contributed by atoms with E-state index >= 15 is 0 Å². The number of rotatable bonds is 6. The lowest BCUT2D eigenvalue weighted by molar-refractivity contribution is -0.120. The maximum absolute atomic E-state index is 12.0. The zero-order chi connectivity index (χ0) is 19.4. The van der Waals surface area contributed by atoms with E-state index < -0.39 is 0 Å². The Morgan fingerprint density at radius 1 is 1.44 bits per heavy atom. The van der Waals surface area contributed by atoms with Gasteiger partial charge in [-0.2, -0.15) is 5.10 Å². The van der Waals surface area contributed by atoms with Gasteiger partial charge in [-0.25, -0.2) is 5.43 Å². The summed E-state index contributed by atoms with van der Waals surface area (Å²) in [5, 5.41) is 4.03. The summed E-state index contributed by atoms with van der Waals surface area (Å²) in [6.07, 6.45) is 4.08. The molecule has 0 radical (unpaired) electrons. The minimum atomic E-state index is -0.344. The van der Waals surface area contributed by atoms with Gasteiger partial charge in [0.05, 0.1) is 18.7 Å². The molecule has 0 unspecified atom stereocenters. The van der Waals surface area contributed by atoms with E-state index in [1.165, 1.54) is 6.07 Å². The third-order valence-electron chi connectivity index (χ3n) is 4.58. The maximum Gasteiger partial charge on any atom is 0.251 e. The standard InChI is InChI=1S/C18H23N5O3S/c1-11-6-13(12(2)23(11)10-15-4-3-5-26-15)9-19-22-17(25)8-14-7-16(24)21-18(27)20-14/h6-7,9,15H,3-5,8,10H2,1-2H3,(H,22,25)(H2,20,21,24,27)/b19-9-/t15-/m0/s1. The van der Waals surface area contributed by atoms with Gasteiger partial charge in [-0.1, -0.05) is 0 Å². The Balaban J connectivity index is 1.61. The highest BCUT2D eigenvalue weighted by Gasteiger charge is 2.18. The van der Waals surface area contributed by atoms with Crippen molar-refractivity contribution < 1.29 is 9.53 Å². The van der Waals surface area contributed by atoms with E-state index in [1.54, 1.807) is 6.21 Å². The van der Waals surface area contributed by atoms with E-state index in [-0.39, 0.29) is 28.8 Å². The summed E-state index contributed by atoms with van der Waals surface area (Å²) >= 11 is 4.89. The van der Waals surface area contributed by atoms with E-state index in [4.69, 9.17) is 17.0 Å². The molecule has 3 heterocycles. The van der Waals surface area contributed by atoms with Gasteiger partial charge in [-0.15, -0.1) is 0 Å². The first-order chi connectivity index (χ1) is 12.9. The number of hydrogen-bond donors (Lipinski definition) is 3. The van der Waals surface area contributed by atoms with Crippen molar-refractivity contribution in [2.75, 3.05) is 6.61 Å². The number of aryl methyl sites for hydroxylation is 1. The molecule has 1 fully saturated rings. The fourth-order valence-corrected chi connectivity index (χ4v) is 3.46. The molecule has 0 saturated carbocycles. The summed E-state index contributed by atoms with van der Waals surface area (Å²) < 4.78 is 8.12. The van der Waals surface area contributed by atoms with Gasteiger partial charge in [0.1, 0.15) is 0 Å². The fraction of sp³-hybridized carbons (Fsp3) is 0.444. The van der Waals surface area contributed by atoms with Crippen LogP contribution in [0.4, 0.5) is 0 Å². The molecule has 2 aromatic heterocycles. The molecule has 144 valence electrons. The Labute approximate surface area is 161 Å². The van der Waals surface area contributed by atoms with Crippen molar-refractivity contribution in [1.29, 1.82) is 0 Å². The number of aromatic amines is 2. The van der Waals surface area contributed by atoms with Crippen LogP contribution in [0, 0.1) is 18.6 Å². The second-order valence-electron chi connectivity index (χ2n) is 6.66. The molecule has 1 atom stereocenters. The molecule has 0 aliphatic carbocycles. The molecule has 1 saturated heterocycles. The summed E-state index contributed by atoms with van der Waals surface area (Å²) in [5.41, 5.74) is 5.73. The molecule has 0 bridgehead atoms. The maximum atomic E-state index is 12.0. The quantitative estimate of drug-likeness (QED) is 0.397. The number of aromatic nitrogens is 3. The first kappa shape index (κ1) is 19.2. The summed E-state index contributed by atoms with van der Waals surface area (Å²) in [6.45, 7) is 5.75. The van der Waals surface area contributed by atoms with Crippen LogP contribution < -0.4 is 11.0 Å². The van der Waals surface area contributed by atoms with Crippen molar-refractivity contribution in [3.05, 3.63) is 49.9 Å². The Hall–Kier alpha value is -2.52. The number of ether oxygens (including phenoxy) is 1. The van der Waals surface area contributed by atoms with Crippen molar-refractivity contribution in [1.82, 2.24) is 20.0 Å². The fourth-order valence-electron chi connectivity index (χ4n) is 3.23. The first-order valence-electron chi connectivity index (χ1n) is 8.85. The zero-order valence-corrected chi connectivity index (χ0v) is 16.2. The van der Waals surface area contributed by atoms with Crippen molar-refractivity contribution in [3.8, 4) is 0 Å². The van der Waals surface area contributed by atoms with Gasteiger partial charge < -0.3 is 14.3 Å². The molecule has 3 rings (SSSR count). The van der Waals surface area contributed by atoms with Crippen LogP contribution in [0.25, 0.3) is 0 Å². The molecule has 27 heavy (non-hydrogen) atoms. The van der Waals surface area contributed by atoms with Gasteiger partial charge >= 0.3 is 0 Å². The highest BCUT2D eigenvalue weighted by molar-refractivity contribution is 7.71. The van der Waals surface area contributed by atoms with Crippen LogP contribution in [0.2, 0.25) is 0 Å². The average Bonchev–Trinajstić information content (AvgIpc) is 3.18. The Morgan fingerprint density at radius 3 is 2.96 bits per heavy atom. The molecular formula is C18H23N5O3S. The number of hydrogen-bond acceptors (Lipinski definition) is 5. The average molecular weight is 389 g/mol. The van der Waals surface area contributed by atoms with E-state index in [1.807, 2.05) is 19.9 Å². The van der Waals surface area contributed by atoms with Gasteiger partial charge in [-0.05, 0) is 45.0 Å². The molecule has 2 aromatic rings. The van der Waals surface area contributed by atoms with Crippen molar-refractivity contribution in [2.45, 2.75) is 45.8 Å². The largest absolute Gasteiger partial charge is 0.376 e. The Morgan fingerprint density at radius 2 is 2.26 bits per heavy atom. The number of carbonyl (C=O) groups excluding carboxylic acids is 1. The van der Waals surface area contributed by atoms with E-state index in [9.17, 15) is 9.59 Å². The van der Waals surface area contributed by atoms with Crippen molar-refractivity contribution in [3.63, 3.8) is 0 Å². The number of carbonyl (C=O) groups is 1. The normalized spacial score (nSPS) is 16.9. The number of amides is 1. The lowest BCUT2D eigenvalue weighted by Gasteiger charge is -2.14. The van der Waals surface area contributed by atoms with Gasteiger partial charge in [0.15, 0.2) is 4.77 Å².